The normalized spacial score (nSPS) is 14.5. The van der Waals surface area contributed by atoms with E-state index in [1.807, 2.05) is 6.92 Å². The lowest BCUT2D eigenvalue weighted by Crippen LogP contribution is -2.11. The fraction of sp³-hybridized carbons (Fsp3) is 0.667. The zero-order valence-electron chi connectivity index (χ0n) is 10.1. The molecule has 0 atom stereocenters. The quantitative estimate of drug-likeness (QED) is 0.656. The number of likely N-dealkylation sites (N-methyl/N-ethyl adjacent to an activating group) is 1. The lowest BCUT2D eigenvalue weighted by atomic mass is 10.0. The summed E-state index contributed by atoms with van der Waals surface area (Å²) in [5.74, 6) is -1.52. The van der Waals surface area contributed by atoms with E-state index in [9.17, 15) is 8.78 Å². The maximum atomic E-state index is 13.4. The monoisotopic (exact) mass is 217 g/mol. The van der Waals surface area contributed by atoms with Crippen LogP contribution in [-0.4, -0.2) is 7.05 Å². The van der Waals surface area contributed by atoms with Gasteiger partial charge in [0.25, 0.3) is 0 Å². The minimum absolute atomic E-state index is 0.325. The van der Waals surface area contributed by atoms with Crippen molar-refractivity contribution in [3.63, 3.8) is 0 Å². The van der Waals surface area contributed by atoms with Gasteiger partial charge in [0.1, 0.15) is 5.83 Å². The second-order valence-electron chi connectivity index (χ2n) is 3.53. The molecule has 88 valence electrons. The molecule has 0 radical (unpaired) electrons. The first-order valence-corrected chi connectivity index (χ1v) is 5.50. The van der Waals surface area contributed by atoms with Gasteiger partial charge >= 0.3 is 0 Å². The van der Waals surface area contributed by atoms with E-state index in [1.54, 1.807) is 7.05 Å². The number of hydrogen-bond donors (Lipinski definition) is 1. The number of hydrogen-bond acceptors (Lipinski definition) is 1. The van der Waals surface area contributed by atoms with Crippen LogP contribution in [0.4, 0.5) is 8.78 Å². The van der Waals surface area contributed by atoms with Gasteiger partial charge in [0.15, 0.2) is 5.83 Å². The fourth-order valence-corrected chi connectivity index (χ4v) is 1.48. The summed E-state index contributed by atoms with van der Waals surface area (Å²) in [6, 6.07) is 0. The lowest BCUT2D eigenvalue weighted by molar-refractivity contribution is 0.534. The first-order chi connectivity index (χ1) is 7.08. The Morgan fingerprint density at radius 1 is 1.20 bits per heavy atom. The molecule has 0 saturated heterocycles. The molecule has 0 aromatic carbocycles. The van der Waals surface area contributed by atoms with Crippen LogP contribution in [0.3, 0.4) is 0 Å². The molecule has 0 aliphatic rings. The molecular formula is C12H21F2N. The molecule has 0 saturated carbocycles. The topological polar surface area (TPSA) is 12.0 Å². The summed E-state index contributed by atoms with van der Waals surface area (Å²) in [5.41, 5.74) is 1.28. The third-order valence-electron chi connectivity index (χ3n) is 2.38. The van der Waals surface area contributed by atoms with Gasteiger partial charge in [-0.25, -0.2) is 8.78 Å². The average Bonchev–Trinajstić information content (AvgIpc) is 2.23. The van der Waals surface area contributed by atoms with E-state index in [-0.39, 0.29) is 0 Å². The van der Waals surface area contributed by atoms with Crippen LogP contribution in [-0.2, 0) is 0 Å². The van der Waals surface area contributed by atoms with E-state index >= 15 is 0 Å². The maximum Gasteiger partial charge on any atom is 0.177 e. The van der Waals surface area contributed by atoms with Crippen LogP contribution in [0, 0.1) is 0 Å². The SMILES string of the molecule is CCCC/C(CC)=C(NC)/C(F)=C(\C)F. The smallest absolute Gasteiger partial charge is 0.177 e. The predicted octanol–water partition coefficient (Wildman–Crippen LogP) is 4.23. The zero-order chi connectivity index (χ0) is 11.8. The third kappa shape index (κ3) is 4.45. The van der Waals surface area contributed by atoms with Crippen LogP contribution >= 0.6 is 0 Å². The molecule has 0 amide bonds. The first kappa shape index (κ1) is 14.1. The Bertz CT molecular complexity index is 250. The van der Waals surface area contributed by atoms with Crippen LogP contribution in [0.25, 0.3) is 0 Å². The maximum absolute atomic E-state index is 13.4. The van der Waals surface area contributed by atoms with Gasteiger partial charge in [-0.2, -0.15) is 0 Å². The van der Waals surface area contributed by atoms with Gasteiger partial charge in [0, 0.05) is 7.05 Å². The Morgan fingerprint density at radius 3 is 2.13 bits per heavy atom. The zero-order valence-corrected chi connectivity index (χ0v) is 10.1. The highest BCUT2D eigenvalue weighted by Gasteiger charge is 2.11. The first-order valence-electron chi connectivity index (χ1n) is 5.50. The molecule has 0 aliphatic carbocycles. The molecule has 0 heterocycles. The lowest BCUT2D eigenvalue weighted by Gasteiger charge is -2.12. The Labute approximate surface area is 91.3 Å². The molecule has 0 rings (SSSR count). The summed E-state index contributed by atoms with van der Waals surface area (Å²) in [6.45, 7) is 5.18. The number of nitrogens with one attached hydrogen (secondary N) is 1. The largest absolute Gasteiger partial charge is 0.386 e. The molecule has 15 heavy (non-hydrogen) atoms. The van der Waals surface area contributed by atoms with Crippen molar-refractivity contribution < 1.29 is 8.78 Å². The average molecular weight is 217 g/mol. The van der Waals surface area contributed by atoms with Crippen molar-refractivity contribution in [1.82, 2.24) is 5.32 Å². The minimum Gasteiger partial charge on any atom is -0.386 e. The number of allylic oxidation sites excluding steroid dienone is 3. The molecule has 0 unspecified atom stereocenters. The standard InChI is InChI=1S/C12H21F2N/c1-5-7-8-10(6-2)12(15-4)11(14)9(3)13/h15H,5-8H2,1-4H3/b11-9-,12-10-. The van der Waals surface area contributed by atoms with Gasteiger partial charge in [0.2, 0.25) is 0 Å². The Morgan fingerprint density at radius 2 is 1.80 bits per heavy atom. The predicted molar refractivity (Wildman–Crippen MR) is 60.8 cm³/mol. The Kier molecular flexibility index (Phi) is 7.01. The minimum atomic E-state index is -0.762. The van der Waals surface area contributed by atoms with Crippen molar-refractivity contribution in [1.29, 1.82) is 0 Å². The molecule has 1 N–H and O–H groups in total. The van der Waals surface area contributed by atoms with Crippen molar-refractivity contribution >= 4 is 0 Å². The highest BCUT2D eigenvalue weighted by atomic mass is 19.2. The van der Waals surface area contributed by atoms with Crippen molar-refractivity contribution in [3.05, 3.63) is 22.9 Å². The van der Waals surface area contributed by atoms with Crippen molar-refractivity contribution in [2.75, 3.05) is 7.05 Å². The molecule has 0 spiro atoms. The van der Waals surface area contributed by atoms with Crippen LogP contribution in [0.1, 0.15) is 46.5 Å². The third-order valence-corrected chi connectivity index (χ3v) is 2.38. The van der Waals surface area contributed by atoms with Gasteiger partial charge in [-0.3, -0.25) is 0 Å². The van der Waals surface area contributed by atoms with Crippen molar-refractivity contribution in [2.45, 2.75) is 46.5 Å². The van der Waals surface area contributed by atoms with Gasteiger partial charge in [0.05, 0.1) is 5.70 Å². The van der Waals surface area contributed by atoms with Crippen LogP contribution in [0.15, 0.2) is 22.9 Å². The Hall–Kier alpha value is -0.860. The van der Waals surface area contributed by atoms with Crippen molar-refractivity contribution in [3.8, 4) is 0 Å². The molecular weight excluding hydrogens is 196 g/mol. The van der Waals surface area contributed by atoms with Crippen LogP contribution in [0.2, 0.25) is 0 Å². The van der Waals surface area contributed by atoms with E-state index in [4.69, 9.17) is 0 Å². The number of unbranched alkanes of at least 4 members (excludes halogenated alkanes) is 1. The van der Waals surface area contributed by atoms with Gasteiger partial charge in [-0.05, 0) is 31.8 Å². The van der Waals surface area contributed by atoms with Gasteiger partial charge in [-0.1, -0.05) is 20.3 Å². The van der Waals surface area contributed by atoms with Gasteiger partial charge < -0.3 is 5.32 Å². The summed E-state index contributed by atoms with van der Waals surface area (Å²) < 4.78 is 26.2. The van der Waals surface area contributed by atoms with E-state index in [1.165, 1.54) is 0 Å². The highest BCUT2D eigenvalue weighted by molar-refractivity contribution is 5.30. The second-order valence-corrected chi connectivity index (χ2v) is 3.53. The molecule has 3 heteroatoms. The fourth-order valence-electron chi connectivity index (χ4n) is 1.48. The van der Waals surface area contributed by atoms with E-state index < -0.39 is 11.7 Å². The van der Waals surface area contributed by atoms with E-state index in [0.29, 0.717) is 5.70 Å². The van der Waals surface area contributed by atoms with Crippen LogP contribution < -0.4 is 5.32 Å². The highest BCUT2D eigenvalue weighted by Crippen LogP contribution is 2.23. The Balaban J connectivity index is 4.98. The summed E-state index contributed by atoms with van der Waals surface area (Å²) in [5, 5.41) is 2.75. The van der Waals surface area contributed by atoms with Crippen LogP contribution in [0.5, 0.6) is 0 Å². The summed E-state index contributed by atoms with van der Waals surface area (Å²) in [6.07, 6.45) is 3.63. The summed E-state index contributed by atoms with van der Waals surface area (Å²) in [7, 11) is 1.62. The van der Waals surface area contributed by atoms with Gasteiger partial charge in [-0.15, -0.1) is 0 Å². The molecule has 0 aromatic rings. The molecule has 0 aromatic heterocycles. The molecule has 0 aliphatic heterocycles. The molecule has 0 bridgehead atoms. The molecule has 1 nitrogen and oxygen atoms in total. The number of halogens is 2. The van der Waals surface area contributed by atoms with E-state index in [2.05, 4.69) is 12.2 Å². The molecule has 0 fully saturated rings. The van der Waals surface area contributed by atoms with E-state index in [0.717, 1.165) is 38.2 Å². The number of rotatable bonds is 6. The summed E-state index contributed by atoms with van der Waals surface area (Å²) in [4.78, 5) is 0. The van der Waals surface area contributed by atoms with Crippen molar-refractivity contribution in [2.24, 2.45) is 0 Å². The summed E-state index contributed by atoms with van der Waals surface area (Å²) >= 11 is 0. The second kappa shape index (κ2) is 7.43.